The molecular formula is C19H20N2O3. The average Bonchev–Trinajstić information content (AvgIpc) is 3.01. The highest BCUT2D eigenvalue weighted by Gasteiger charge is 2.31. The second-order valence-electron chi connectivity index (χ2n) is 5.93. The van der Waals surface area contributed by atoms with Crippen molar-refractivity contribution in [1.82, 2.24) is 5.01 Å². The number of methoxy groups -OCH3 is 1. The number of hydrogen-bond donors (Lipinski definition) is 1. The number of amides is 1. The van der Waals surface area contributed by atoms with E-state index in [1.807, 2.05) is 37.3 Å². The maximum atomic E-state index is 12.0. The van der Waals surface area contributed by atoms with E-state index in [1.165, 1.54) is 24.6 Å². The maximum absolute atomic E-state index is 12.0. The van der Waals surface area contributed by atoms with E-state index in [-0.39, 0.29) is 17.7 Å². The van der Waals surface area contributed by atoms with E-state index in [1.54, 1.807) is 12.1 Å². The summed E-state index contributed by atoms with van der Waals surface area (Å²) in [4.78, 5) is 12.0. The first-order valence-electron chi connectivity index (χ1n) is 7.81. The van der Waals surface area contributed by atoms with Crippen LogP contribution in [0.15, 0.2) is 47.6 Å². The van der Waals surface area contributed by atoms with Gasteiger partial charge in [-0.1, -0.05) is 35.9 Å². The highest BCUT2D eigenvalue weighted by molar-refractivity contribution is 6.03. The van der Waals surface area contributed by atoms with E-state index in [0.717, 1.165) is 16.8 Å². The Morgan fingerprint density at radius 3 is 2.54 bits per heavy atom. The molecule has 0 aliphatic carbocycles. The van der Waals surface area contributed by atoms with Crippen molar-refractivity contribution in [2.24, 2.45) is 5.10 Å². The summed E-state index contributed by atoms with van der Waals surface area (Å²) in [6.45, 7) is 3.53. The first-order chi connectivity index (χ1) is 11.5. The number of ether oxygens (including phenoxy) is 1. The van der Waals surface area contributed by atoms with Crippen molar-refractivity contribution in [3.05, 3.63) is 59.2 Å². The van der Waals surface area contributed by atoms with Gasteiger partial charge in [0, 0.05) is 13.3 Å². The zero-order valence-corrected chi connectivity index (χ0v) is 14.0. The van der Waals surface area contributed by atoms with E-state index in [0.29, 0.717) is 12.2 Å². The molecule has 0 saturated heterocycles. The third-order valence-corrected chi connectivity index (χ3v) is 4.21. The van der Waals surface area contributed by atoms with Crippen LogP contribution >= 0.6 is 0 Å². The molecule has 1 aliphatic heterocycles. The molecule has 1 atom stereocenters. The number of aromatic hydroxyl groups is 1. The Kier molecular flexibility index (Phi) is 4.25. The van der Waals surface area contributed by atoms with E-state index < -0.39 is 0 Å². The lowest BCUT2D eigenvalue weighted by atomic mass is 9.97. The zero-order chi connectivity index (χ0) is 17.3. The van der Waals surface area contributed by atoms with E-state index in [2.05, 4.69) is 5.10 Å². The third kappa shape index (κ3) is 2.97. The van der Waals surface area contributed by atoms with Gasteiger partial charge in [-0.05, 0) is 30.2 Å². The Balaban J connectivity index is 1.93. The molecule has 1 amide bonds. The molecule has 0 fully saturated rings. The Bertz CT molecular complexity index is 797. The molecule has 0 bridgehead atoms. The van der Waals surface area contributed by atoms with Crippen molar-refractivity contribution in [3.63, 3.8) is 0 Å². The highest BCUT2D eigenvalue weighted by Crippen LogP contribution is 2.36. The summed E-state index contributed by atoms with van der Waals surface area (Å²) in [5, 5.41) is 16.0. The van der Waals surface area contributed by atoms with Crippen LogP contribution in [0.4, 0.5) is 0 Å². The number of hydrazone groups is 1. The van der Waals surface area contributed by atoms with Gasteiger partial charge in [-0.15, -0.1) is 0 Å². The lowest BCUT2D eigenvalue weighted by Crippen LogP contribution is -2.24. The number of nitrogens with zero attached hydrogens (tertiary/aromatic N) is 2. The fourth-order valence-electron chi connectivity index (χ4n) is 2.89. The summed E-state index contributed by atoms with van der Waals surface area (Å²) in [6, 6.07) is 13.0. The molecule has 0 spiro atoms. The van der Waals surface area contributed by atoms with Gasteiger partial charge in [-0.3, -0.25) is 4.79 Å². The molecule has 1 N–H and O–H groups in total. The predicted octanol–water partition coefficient (Wildman–Crippen LogP) is 3.41. The standard InChI is InChI=1S/C19H20N2O3/c1-12-4-6-14(7-5-12)16-11-17(21(20-16)13(2)22)15-8-9-19(24-3)18(23)10-15/h4-10,17,23H,11H2,1-3H3. The second kappa shape index (κ2) is 6.35. The average molecular weight is 324 g/mol. The molecule has 5 nitrogen and oxygen atoms in total. The molecule has 24 heavy (non-hydrogen) atoms. The van der Waals surface area contributed by atoms with Gasteiger partial charge in [0.2, 0.25) is 5.91 Å². The van der Waals surface area contributed by atoms with Crippen molar-refractivity contribution in [1.29, 1.82) is 0 Å². The molecule has 3 rings (SSSR count). The van der Waals surface area contributed by atoms with E-state index in [9.17, 15) is 9.90 Å². The summed E-state index contributed by atoms with van der Waals surface area (Å²) in [5.74, 6) is 0.338. The van der Waals surface area contributed by atoms with Crippen molar-refractivity contribution in [2.45, 2.75) is 26.3 Å². The largest absolute Gasteiger partial charge is 0.504 e. The van der Waals surface area contributed by atoms with Crippen molar-refractivity contribution in [3.8, 4) is 11.5 Å². The number of carbonyl (C=O) groups excluding carboxylic acids is 1. The molecule has 1 unspecified atom stereocenters. The van der Waals surface area contributed by atoms with Crippen LogP contribution in [0.1, 0.15) is 36.1 Å². The number of phenols is 1. The van der Waals surface area contributed by atoms with Gasteiger partial charge in [-0.25, -0.2) is 5.01 Å². The van der Waals surface area contributed by atoms with Gasteiger partial charge >= 0.3 is 0 Å². The molecule has 5 heteroatoms. The fraction of sp³-hybridized carbons (Fsp3) is 0.263. The van der Waals surface area contributed by atoms with Crippen LogP contribution in [-0.4, -0.2) is 28.8 Å². The fourth-order valence-corrected chi connectivity index (χ4v) is 2.89. The van der Waals surface area contributed by atoms with E-state index >= 15 is 0 Å². The lowest BCUT2D eigenvalue weighted by molar-refractivity contribution is -0.130. The van der Waals surface area contributed by atoms with Crippen LogP contribution in [-0.2, 0) is 4.79 Å². The molecule has 0 saturated carbocycles. The van der Waals surface area contributed by atoms with Crippen molar-refractivity contribution in [2.75, 3.05) is 7.11 Å². The first kappa shape index (κ1) is 16.1. The first-order valence-corrected chi connectivity index (χ1v) is 7.81. The van der Waals surface area contributed by atoms with Crippen LogP contribution in [0.25, 0.3) is 0 Å². The third-order valence-electron chi connectivity index (χ3n) is 4.21. The quantitative estimate of drug-likeness (QED) is 0.941. The van der Waals surface area contributed by atoms with Crippen molar-refractivity contribution < 1.29 is 14.6 Å². The van der Waals surface area contributed by atoms with Gasteiger partial charge < -0.3 is 9.84 Å². The van der Waals surface area contributed by atoms with Crippen LogP contribution in [0, 0.1) is 6.92 Å². The molecule has 1 aliphatic rings. The number of benzene rings is 2. The number of phenolic OH excluding ortho intramolecular Hbond substituents is 1. The molecule has 124 valence electrons. The van der Waals surface area contributed by atoms with Gasteiger partial charge in [0.15, 0.2) is 11.5 Å². The minimum Gasteiger partial charge on any atom is -0.504 e. The van der Waals surface area contributed by atoms with E-state index in [4.69, 9.17) is 4.74 Å². The van der Waals surface area contributed by atoms with Gasteiger partial charge in [0.25, 0.3) is 0 Å². The van der Waals surface area contributed by atoms with Gasteiger partial charge in [-0.2, -0.15) is 5.10 Å². The topological polar surface area (TPSA) is 62.1 Å². The SMILES string of the molecule is COc1ccc(C2CC(c3ccc(C)cc3)=NN2C(C)=O)cc1O. The van der Waals surface area contributed by atoms with Gasteiger partial charge in [0.05, 0.1) is 18.9 Å². The smallest absolute Gasteiger partial charge is 0.240 e. The monoisotopic (exact) mass is 324 g/mol. The molecule has 0 aromatic heterocycles. The number of aryl methyl sites for hydroxylation is 1. The zero-order valence-electron chi connectivity index (χ0n) is 14.0. The number of rotatable bonds is 3. The normalized spacial score (nSPS) is 16.9. The molecule has 1 heterocycles. The highest BCUT2D eigenvalue weighted by atomic mass is 16.5. The van der Waals surface area contributed by atoms with Crippen LogP contribution in [0.2, 0.25) is 0 Å². The van der Waals surface area contributed by atoms with Gasteiger partial charge in [0.1, 0.15) is 0 Å². The summed E-state index contributed by atoms with van der Waals surface area (Å²) in [7, 11) is 1.50. The van der Waals surface area contributed by atoms with Crippen molar-refractivity contribution >= 4 is 11.6 Å². The summed E-state index contributed by atoms with van der Waals surface area (Å²) in [6.07, 6.45) is 0.606. The maximum Gasteiger partial charge on any atom is 0.240 e. The predicted molar refractivity (Wildman–Crippen MR) is 92.3 cm³/mol. The summed E-state index contributed by atoms with van der Waals surface area (Å²) < 4.78 is 5.08. The minimum absolute atomic E-state index is 0.0577. The molecule has 0 radical (unpaired) electrons. The Morgan fingerprint density at radius 2 is 1.96 bits per heavy atom. The van der Waals surface area contributed by atoms with Crippen LogP contribution in [0.3, 0.4) is 0 Å². The Hall–Kier alpha value is -2.82. The van der Waals surface area contributed by atoms with Crippen LogP contribution < -0.4 is 4.74 Å². The molecular weight excluding hydrogens is 304 g/mol. The Morgan fingerprint density at radius 1 is 1.25 bits per heavy atom. The minimum atomic E-state index is -0.226. The molecule has 2 aromatic rings. The second-order valence-corrected chi connectivity index (χ2v) is 5.93. The lowest BCUT2D eigenvalue weighted by Gasteiger charge is -2.21. The van der Waals surface area contributed by atoms with Crippen LogP contribution in [0.5, 0.6) is 11.5 Å². The molecule has 2 aromatic carbocycles. The summed E-state index contributed by atoms with van der Waals surface area (Å²) >= 11 is 0. The Labute approximate surface area is 141 Å². The summed E-state index contributed by atoms with van der Waals surface area (Å²) in [5.41, 5.74) is 3.88. The number of hydrogen-bond acceptors (Lipinski definition) is 4. The number of carbonyl (C=O) groups is 1.